The molecule has 4 rings (SSSR count). The van der Waals surface area contributed by atoms with Crippen LogP contribution in [0, 0.1) is 11.3 Å². The number of carboxylic acid groups (broad SMARTS) is 1. The Kier molecular flexibility index (Phi) is 11.4. The highest BCUT2D eigenvalue weighted by molar-refractivity contribution is 7.80. The summed E-state index contributed by atoms with van der Waals surface area (Å²) in [6.07, 6.45) is 2.23. The maximum atomic E-state index is 13.3. The normalized spacial score (nSPS) is 16.5. The molecule has 2 atom stereocenters. The molecule has 1 amide bonds. The molecule has 3 heterocycles. The first kappa shape index (κ1) is 35.8. The van der Waals surface area contributed by atoms with Gasteiger partial charge in [-0.1, -0.05) is 5.16 Å². The number of anilines is 2. The Labute approximate surface area is 278 Å². The number of carbonyl (C=O) groups is 3. The summed E-state index contributed by atoms with van der Waals surface area (Å²) in [5.74, 6) is -3.42. The number of hydroxylamine groups is 2. The number of amides is 1. The number of nitrogens with one attached hydrogen (secondary N) is 2. The summed E-state index contributed by atoms with van der Waals surface area (Å²) >= 11 is 0.976. The molecule has 256 valence electrons. The smallest absolute Gasteiger partial charge is 0.418 e. The van der Waals surface area contributed by atoms with Crippen molar-refractivity contribution in [3.63, 3.8) is 0 Å². The summed E-state index contributed by atoms with van der Waals surface area (Å²) < 4.78 is 41.1. The van der Waals surface area contributed by atoms with E-state index in [4.69, 9.17) is 25.3 Å². The molecule has 20 heteroatoms. The molecule has 1 aromatic carbocycles. The molecular weight excluding hydrogens is 672 g/mol. The minimum absolute atomic E-state index is 0.0367. The number of rotatable bonds is 18. The average Bonchev–Trinajstić information content (AvgIpc) is 3.47. The highest BCUT2D eigenvalue weighted by Crippen LogP contribution is 2.40. The molecule has 48 heavy (non-hydrogen) atoms. The Bertz CT molecular complexity index is 1780. The van der Waals surface area contributed by atoms with Crippen molar-refractivity contribution in [3.8, 4) is 5.75 Å². The number of ketones is 1. The zero-order valence-corrected chi connectivity index (χ0v) is 27.2. The van der Waals surface area contributed by atoms with Crippen LogP contribution in [0.15, 0.2) is 53.3 Å². The van der Waals surface area contributed by atoms with Crippen LogP contribution in [-0.2, 0) is 33.9 Å². The number of nitrogens with two attached hydrogens (primary N) is 1. The standard InChI is InChI=1S/C28H32N8O10S2/c1-28(2)18(24(38)36(28)46-48(41,42)43)13-21(37)23(20-15-47-26(30)34-20)35-45-22(25(39)40)14-44-17-8-6-16(7-9-17)19(29)5-3-10-31-27-32-11-4-12-33-27/h4,6-9,11-12,15,18,22,29H,3,5,10,13-14H2,1-2H3,(H2,30,34)(H,39,40)(H,31,32,33)(H,41,42,43)/b29-19?,35-23-/t18-,22+/m1/s1. The maximum absolute atomic E-state index is 13.3. The van der Waals surface area contributed by atoms with Crippen molar-refractivity contribution in [1.82, 2.24) is 20.0 Å². The fourth-order valence-corrected chi connectivity index (χ4v) is 5.48. The van der Waals surface area contributed by atoms with Gasteiger partial charge in [0.05, 0.1) is 11.5 Å². The number of hydrogen-bond donors (Lipinski definition) is 5. The van der Waals surface area contributed by atoms with Gasteiger partial charge in [-0.3, -0.25) is 14.1 Å². The number of carboxylic acids is 1. The quantitative estimate of drug-likeness (QED) is 0.0416. The zero-order chi connectivity index (χ0) is 35.1. The molecule has 2 aromatic heterocycles. The van der Waals surface area contributed by atoms with Gasteiger partial charge in [-0.25, -0.2) is 19.7 Å². The molecule has 1 aliphatic heterocycles. The van der Waals surface area contributed by atoms with Crippen LogP contribution in [-0.4, -0.2) is 92.0 Å². The number of nitrogens with zero attached hydrogens (tertiary/aromatic N) is 5. The van der Waals surface area contributed by atoms with Crippen molar-refractivity contribution < 1.29 is 46.3 Å². The molecule has 1 fully saturated rings. The lowest BCUT2D eigenvalue weighted by Gasteiger charge is -2.50. The van der Waals surface area contributed by atoms with E-state index in [2.05, 4.69) is 29.7 Å². The van der Waals surface area contributed by atoms with E-state index in [1.165, 1.54) is 19.2 Å². The van der Waals surface area contributed by atoms with Gasteiger partial charge >= 0.3 is 16.4 Å². The number of oxime groups is 1. The molecule has 0 radical (unpaired) electrons. The van der Waals surface area contributed by atoms with E-state index in [-0.39, 0.29) is 10.8 Å². The fourth-order valence-electron chi connectivity index (χ4n) is 4.47. The summed E-state index contributed by atoms with van der Waals surface area (Å²) in [6, 6.07) is 8.18. The van der Waals surface area contributed by atoms with E-state index < -0.39 is 64.4 Å². The number of benzene rings is 1. The number of ether oxygens (including phenoxy) is 1. The first-order valence-electron chi connectivity index (χ1n) is 14.2. The number of thiazole rings is 1. The third kappa shape index (κ3) is 9.27. The number of hydrogen-bond acceptors (Lipinski definition) is 16. The molecule has 1 saturated heterocycles. The van der Waals surface area contributed by atoms with Crippen LogP contribution in [0.2, 0.25) is 0 Å². The van der Waals surface area contributed by atoms with Gasteiger partial charge in [-0.2, -0.15) is 13.5 Å². The van der Waals surface area contributed by atoms with Crippen molar-refractivity contribution in [1.29, 1.82) is 5.41 Å². The van der Waals surface area contributed by atoms with Gasteiger partial charge in [0.2, 0.25) is 5.95 Å². The number of aliphatic carboxylic acids is 1. The van der Waals surface area contributed by atoms with Gasteiger partial charge < -0.3 is 31.1 Å². The van der Waals surface area contributed by atoms with E-state index >= 15 is 0 Å². The predicted molar refractivity (Wildman–Crippen MR) is 171 cm³/mol. The summed E-state index contributed by atoms with van der Waals surface area (Å²) in [5.41, 5.74) is 4.96. The number of aromatic nitrogens is 3. The van der Waals surface area contributed by atoms with Crippen LogP contribution >= 0.6 is 11.3 Å². The number of nitrogen functional groups attached to an aromatic ring is 1. The Morgan fingerprint density at radius 3 is 2.50 bits per heavy atom. The molecule has 0 saturated carbocycles. The molecule has 0 bridgehead atoms. The first-order valence-corrected chi connectivity index (χ1v) is 16.4. The van der Waals surface area contributed by atoms with E-state index in [9.17, 15) is 27.9 Å². The lowest BCUT2D eigenvalue weighted by molar-refractivity contribution is -0.228. The molecule has 6 N–H and O–H groups in total. The Morgan fingerprint density at radius 2 is 1.92 bits per heavy atom. The SMILES string of the molecule is CC1(C)[C@H](CC(=O)/C(=N\O[C@@H](COc2ccc(C(=N)CCCNc3ncccn3)cc2)C(=O)O)c2csc(N)n2)C(=O)N1OS(=O)(=O)O. The molecule has 18 nitrogen and oxygen atoms in total. The average molecular weight is 705 g/mol. The highest BCUT2D eigenvalue weighted by atomic mass is 32.3. The Hall–Kier alpha value is -5.05. The summed E-state index contributed by atoms with van der Waals surface area (Å²) in [6.45, 7) is 2.90. The lowest BCUT2D eigenvalue weighted by Crippen LogP contribution is -2.68. The van der Waals surface area contributed by atoms with Crippen LogP contribution in [0.3, 0.4) is 0 Å². The molecule has 0 spiro atoms. The monoisotopic (exact) mass is 704 g/mol. The zero-order valence-electron chi connectivity index (χ0n) is 25.6. The van der Waals surface area contributed by atoms with Gasteiger partial charge in [0, 0.05) is 36.5 Å². The van der Waals surface area contributed by atoms with Gasteiger partial charge in [0.15, 0.2) is 16.6 Å². The second-order valence-electron chi connectivity index (χ2n) is 10.8. The summed E-state index contributed by atoms with van der Waals surface area (Å²) in [4.78, 5) is 55.2. The predicted octanol–water partition coefficient (Wildman–Crippen LogP) is 1.96. The summed E-state index contributed by atoms with van der Waals surface area (Å²) in [5, 5.41) is 26.8. The van der Waals surface area contributed by atoms with Crippen LogP contribution < -0.4 is 15.8 Å². The van der Waals surface area contributed by atoms with Crippen molar-refractivity contribution >= 4 is 61.9 Å². The third-order valence-corrected chi connectivity index (χ3v) is 8.08. The van der Waals surface area contributed by atoms with Crippen molar-refractivity contribution in [2.24, 2.45) is 11.1 Å². The van der Waals surface area contributed by atoms with Crippen LogP contribution in [0.4, 0.5) is 11.1 Å². The van der Waals surface area contributed by atoms with Gasteiger partial charge in [-0.05, 0) is 62.6 Å². The minimum Gasteiger partial charge on any atom is -0.489 e. The summed E-state index contributed by atoms with van der Waals surface area (Å²) in [7, 11) is -5.00. The molecule has 0 unspecified atom stereocenters. The maximum Gasteiger partial charge on any atom is 0.418 e. The number of Topliss-reactive ketones (excluding diaryl/α,β-unsaturated/α-hetero) is 1. The number of β-lactam (4-membered cyclic amide) rings is 1. The molecule has 0 aliphatic carbocycles. The van der Waals surface area contributed by atoms with Crippen LogP contribution in [0.25, 0.3) is 0 Å². The van der Waals surface area contributed by atoms with Crippen molar-refractivity contribution in [3.05, 3.63) is 59.4 Å². The highest BCUT2D eigenvalue weighted by Gasteiger charge is 2.57. The van der Waals surface area contributed by atoms with Crippen molar-refractivity contribution in [2.45, 2.75) is 44.8 Å². The Balaban J connectivity index is 1.36. The van der Waals surface area contributed by atoms with Gasteiger partial charge in [0.1, 0.15) is 18.1 Å². The van der Waals surface area contributed by atoms with Gasteiger partial charge in [0.25, 0.3) is 12.0 Å². The van der Waals surface area contributed by atoms with E-state index in [0.717, 1.165) is 11.3 Å². The molecule has 3 aromatic rings. The second kappa shape index (κ2) is 15.2. The van der Waals surface area contributed by atoms with E-state index in [0.29, 0.717) is 47.4 Å². The third-order valence-electron chi connectivity index (χ3n) is 7.06. The number of carbonyl (C=O) groups excluding carboxylic acids is 2. The van der Waals surface area contributed by atoms with Crippen LogP contribution in [0.5, 0.6) is 5.75 Å². The fraction of sp³-hybridized carbons (Fsp3) is 0.357. The topological polar surface area (TPSA) is 270 Å². The van der Waals surface area contributed by atoms with Crippen LogP contribution in [0.1, 0.15) is 44.4 Å². The molecule has 1 aliphatic rings. The second-order valence-corrected chi connectivity index (χ2v) is 12.7. The Morgan fingerprint density at radius 1 is 1.23 bits per heavy atom. The first-order chi connectivity index (χ1) is 22.7. The molecular formula is C28H32N8O10S2. The lowest BCUT2D eigenvalue weighted by atomic mass is 9.74. The van der Waals surface area contributed by atoms with E-state index in [1.54, 1.807) is 42.7 Å². The van der Waals surface area contributed by atoms with Crippen molar-refractivity contribution in [2.75, 3.05) is 24.2 Å². The largest absolute Gasteiger partial charge is 0.489 e. The van der Waals surface area contributed by atoms with E-state index in [1.807, 2.05) is 0 Å². The van der Waals surface area contributed by atoms with Gasteiger partial charge in [-0.15, -0.1) is 15.6 Å². The minimum atomic E-state index is -5.00.